The van der Waals surface area contributed by atoms with Gasteiger partial charge in [0.05, 0.1) is 0 Å². The summed E-state index contributed by atoms with van der Waals surface area (Å²) in [6.45, 7) is 0.747. The molecule has 0 radical (unpaired) electrons. The maximum absolute atomic E-state index is 12.3. The van der Waals surface area contributed by atoms with Gasteiger partial charge in [-0.05, 0) is 30.5 Å². The Labute approximate surface area is 99.6 Å². The monoisotopic (exact) mass is 247 g/mol. The molecule has 1 aromatic carbocycles. The van der Waals surface area contributed by atoms with Crippen molar-refractivity contribution in [2.24, 2.45) is 0 Å². The maximum atomic E-state index is 12.3. The molecule has 0 N–H and O–H groups in total. The smallest absolute Gasteiger partial charge is 0.107 e. The van der Waals surface area contributed by atoms with E-state index in [4.69, 9.17) is 11.6 Å². The van der Waals surface area contributed by atoms with Crippen LogP contribution in [0.1, 0.15) is 0 Å². The molecule has 0 saturated carbocycles. The summed E-state index contributed by atoms with van der Waals surface area (Å²) in [5.41, 5.74) is 1.03. The second-order valence-electron chi connectivity index (χ2n) is 3.06. The van der Waals surface area contributed by atoms with Gasteiger partial charge >= 0.3 is 0 Å². The average Bonchev–Trinajstić information content (AvgIpc) is 2.29. The number of anilines is 1. The summed E-state index contributed by atoms with van der Waals surface area (Å²) in [6.07, 6.45) is 2.03. The first-order valence-corrected chi connectivity index (χ1v) is 6.58. The van der Waals surface area contributed by atoms with E-state index in [0.29, 0.717) is 19.0 Å². The van der Waals surface area contributed by atoms with Crippen LogP contribution in [0.3, 0.4) is 0 Å². The highest BCUT2D eigenvalue weighted by Gasteiger charge is 2.04. The summed E-state index contributed by atoms with van der Waals surface area (Å²) in [4.78, 5) is 3.17. The van der Waals surface area contributed by atoms with Crippen LogP contribution in [0.2, 0.25) is 0 Å². The quantitative estimate of drug-likeness (QED) is 0.560. The van der Waals surface area contributed by atoms with Gasteiger partial charge in [-0.25, -0.2) is 4.39 Å². The topological polar surface area (TPSA) is 3.24 Å². The van der Waals surface area contributed by atoms with E-state index in [1.165, 1.54) is 4.90 Å². The Morgan fingerprint density at radius 3 is 2.40 bits per heavy atom. The molecule has 0 unspecified atom stereocenters. The normalized spacial score (nSPS) is 10.3. The first-order valence-electron chi connectivity index (χ1n) is 4.82. The SMILES string of the molecule is CSc1ccc(N(CCF)CCCl)cc1. The fourth-order valence-corrected chi connectivity index (χ4v) is 1.98. The first kappa shape index (κ1) is 12.7. The summed E-state index contributed by atoms with van der Waals surface area (Å²) >= 11 is 7.37. The molecular weight excluding hydrogens is 233 g/mol. The van der Waals surface area contributed by atoms with Gasteiger partial charge in [0.2, 0.25) is 0 Å². The summed E-state index contributed by atoms with van der Waals surface area (Å²) in [5.74, 6) is 0.518. The third-order valence-corrected chi connectivity index (χ3v) is 3.06. The highest BCUT2D eigenvalue weighted by atomic mass is 35.5. The van der Waals surface area contributed by atoms with Gasteiger partial charge < -0.3 is 4.90 Å². The van der Waals surface area contributed by atoms with E-state index in [0.717, 1.165) is 5.69 Å². The Balaban J connectivity index is 2.72. The molecule has 0 aliphatic heterocycles. The Morgan fingerprint density at radius 2 is 1.93 bits per heavy atom. The van der Waals surface area contributed by atoms with Gasteiger partial charge in [-0.15, -0.1) is 23.4 Å². The van der Waals surface area contributed by atoms with E-state index >= 15 is 0 Å². The van der Waals surface area contributed by atoms with E-state index in [2.05, 4.69) is 0 Å². The number of thioether (sulfide) groups is 1. The molecule has 0 aliphatic carbocycles. The van der Waals surface area contributed by atoms with E-state index in [-0.39, 0.29) is 6.67 Å². The van der Waals surface area contributed by atoms with Gasteiger partial charge in [0.15, 0.2) is 0 Å². The number of benzene rings is 1. The molecule has 0 aromatic heterocycles. The number of alkyl halides is 2. The molecule has 0 spiro atoms. The van der Waals surface area contributed by atoms with Crippen LogP contribution >= 0.6 is 23.4 Å². The highest BCUT2D eigenvalue weighted by molar-refractivity contribution is 7.98. The number of halogens is 2. The Hall–Kier alpha value is -0.410. The zero-order chi connectivity index (χ0) is 11.1. The van der Waals surface area contributed by atoms with E-state index in [1.807, 2.05) is 35.4 Å². The first-order chi connectivity index (χ1) is 7.31. The lowest BCUT2D eigenvalue weighted by Crippen LogP contribution is -2.27. The highest BCUT2D eigenvalue weighted by Crippen LogP contribution is 2.20. The maximum Gasteiger partial charge on any atom is 0.107 e. The fourth-order valence-electron chi connectivity index (χ4n) is 1.37. The van der Waals surface area contributed by atoms with Crippen LogP contribution < -0.4 is 4.90 Å². The van der Waals surface area contributed by atoms with Crippen molar-refractivity contribution in [3.8, 4) is 0 Å². The molecule has 0 aliphatic rings. The summed E-state index contributed by atoms with van der Waals surface area (Å²) in [6, 6.07) is 8.10. The third kappa shape index (κ3) is 3.92. The van der Waals surface area contributed by atoms with Crippen LogP contribution in [-0.4, -0.2) is 31.9 Å². The Kier molecular flexibility index (Phi) is 5.88. The second-order valence-corrected chi connectivity index (χ2v) is 4.32. The van der Waals surface area contributed by atoms with Crippen molar-refractivity contribution in [2.75, 3.05) is 36.8 Å². The van der Waals surface area contributed by atoms with Crippen molar-refractivity contribution >= 4 is 29.1 Å². The fraction of sp³-hybridized carbons (Fsp3) is 0.455. The van der Waals surface area contributed by atoms with Crippen LogP contribution in [0, 0.1) is 0 Å². The van der Waals surface area contributed by atoms with E-state index in [1.54, 1.807) is 11.8 Å². The van der Waals surface area contributed by atoms with Gasteiger partial charge in [-0.1, -0.05) is 0 Å². The summed E-state index contributed by atoms with van der Waals surface area (Å²) in [5, 5.41) is 0. The molecule has 1 rings (SSSR count). The Bertz CT molecular complexity index is 272. The molecule has 15 heavy (non-hydrogen) atoms. The lowest BCUT2D eigenvalue weighted by molar-refractivity contribution is 0.492. The predicted molar refractivity (Wildman–Crippen MR) is 67.1 cm³/mol. The van der Waals surface area contributed by atoms with Crippen LogP contribution in [-0.2, 0) is 0 Å². The van der Waals surface area contributed by atoms with Crippen molar-refractivity contribution in [2.45, 2.75) is 4.90 Å². The molecule has 0 amide bonds. The molecule has 84 valence electrons. The molecular formula is C11H15ClFNS. The van der Waals surface area contributed by atoms with Crippen molar-refractivity contribution in [1.29, 1.82) is 0 Å². The van der Waals surface area contributed by atoms with Crippen molar-refractivity contribution in [3.63, 3.8) is 0 Å². The molecule has 1 aromatic rings. The zero-order valence-electron chi connectivity index (χ0n) is 8.75. The lowest BCUT2D eigenvalue weighted by atomic mass is 10.3. The summed E-state index contributed by atoms with van der Waals surface area (Å²) in [7, 11) is 0. The molecule has 0 bridgehead atoms. The molecule has 0 atom stereocenters. The number of nitrogens with zero attached hydrogens (tertiary/aromatic N) is 1. The number of hydrogen-bond donors (Lipinski definition) is 0. The molecule has 1 nitrogen and oxygen atoms in total. The molecule has 4 heteroatoms. The Morgan fingerprint density at radius 1 is 1.27 bits per heavy atom. The van der Waals surface area contributed by atoms with Gasteiger partial charge in [-0.3, -0.25) is 0 Å². The minimum atomic E-state index is -0.346. The molecule has 0 heterocycles. The zero-order valence-corrected chi connectivity index (χ0v) is 10.3. The van der Waals surface area contributed by atoms with Gasteiger partial charge in [-0.2, -0.15) is 0 Å². The van der Waals surface area contributed by atoms with Gasteiger partial charge in [0.1, 0.15) is 6.67 Å². The molecule has 0 fully saturated rings. The minimum absolute atomic E-state index is 0.346. The van der Waals surface area contributed by atoms with Gasteiger partial charge in [0, 0.05) is 29.6 Å². The van der Waals surface area contributed by atoms with Crippen LogP contribution in [0.15, 0.2) is 29.2 Å². The number of hydrogen-bond acceptors (Lipinski definition) is 2. The van der Waals surface area contributed by atoms with Gasteiger partial charge in [0.25, 0.3) is 0 Å². The second kappa shape index (κ2) is 6.96. The standard InChI is InChI=1S/C11H15ClFNS/c1-15-11-4-2-10(3-5-11)14(8-6-12)9-7-13/h2-5H,6-9H2,1H3. The van der Waals surface area contributed by atoms with Crippen LogP contribution in [0.5, 0.6) is 0 Å². The van der Waals surface area contributed by atoms with Crippen LogP contribution in [0.4, 0.5) is 10.1 Å². The lowest BCUT2D eigenvalue weighted by Gasteiger charge is -2.22. The summed E-state index contributed by atoms with van der Waals surface area (Å²) < 4.78 is 12.3. The van der Waals surface area contributed by atoms with E-state index < -0.39 is 0 Å². The predicted octanol–water partition coefficient (Wildman–Crippen LogP) is 3.42. The van der Waals surface area contributed by atoms with Crippen molar-refractivity contribution in [3.05, 3.63) is 24.3 Å². The molecule has 0 saturated heterocycles. The third-order valence-electron chi connectivity index (χ3n) is 2.15. The van der Waals surface area contributed by atoms with Crippen molar-refractivity contribution in [1.82, 2.24) is 0 Å². The average molecular weight is 248 g/mol. The van der Waals surface area contributed by atoms with Crippen LogP contribution in [0.25, 0.3) is 0 Å². The van der Waals surface area contributed by atoms with E-state index in [9.17, 15) is 4.39 Å². The largest absolute Gasteiger partial charge is 0.368 e. The minimum Gasteiger partial charge on any atom is -0.368 e. The number of rotatable bonds is 6. The van der Waals surface area contributed by atoms with Crippen molar-refractivity contribution < 1.29 is 4.39 Å².